The first-order valence-electron chi connectivity index (χ1n) is 36.0. The SMILES string of the molecule is CC(C)C[C@H](NC(=O)[C@H](Cc1ccccc1)NC(=O)[C@H](Cc1ccccc1)C[C@@H](O)[C@H](Cc1ccc(C(=O)c2ccccc2)cc1)NC(=O)OC(C)(C)C)C(=O)N[C@@H](Cc1ccccc1)C(=O)NCCSSCCC(=O)NCCOCCOCCOCCNC(=O)CCCC[C@@H]1SC[C@@H]2NC(=O)N[C@@H]21. The van der Waals surface area contributed by atoms with Gasteiger partial charge in [0.1, 0.15) is 23.7 Å². The van der Waals surface area contributed by atoms with Gasteiger partial charge in [0.2, 0.25) is 35.4 Å². The molecule has 9 amide bonds. The van der Waals surface area contributed by atoms with Gasteiger partial charge in [0.15, 0.2) is 5.78 Å². The zero-order valence-corrected chi connectivity index (χ0v) is 62.8. The summed E-state index contributed by atoms with van der Waals surface area (Å²) in [5, 5.41) is 39.1. The minimum atomic E-state index is -1.34. The van der Waals surface area contributed by atoms with Gasteiger partial charge in [-0.05, 0) is 87.5 Å². The molecule has 0 radical (unpaired) electrons. The number of ether oxygens (including phenoxy) is 4. The van der Waals surface area contributed by atoms with Crippen molar-refractivity contribution in [2.24, 2.45) is 11.8 Å². The quantitative estimate of drug-likeness (QED) is 0.00767. The Labute approximate surface area is 624 Å². The number of alkyl carbamates (subject to hydrolysis) is 1. The number of fused-ring (bicyclic) bond motifs is 1. The lowest BCUT2D eigenvalue weighted by Gasteiger charge is -2.30. The van der Waals surface area contributed by atoms with Crippen molar-refractivity contribution in [2.45, 2.75) is 158 Å². The Bertz CT molecular complexity index is 3450. The van der Waals surface area contributed by atoms with Crippen molar-refractivity contribution in [3.05, 3.63) is 179 Å². The lowest BCUT2D eigenvalue weighted by molar-refractivity contribution is -0.135. The van der Waals surface area contributed by atoms with Crippen LogP contribution in [-0.2, 0) is 73.4 Å². The molecular formula is C78H105N9O14S3. The second-order valence-electron chi connectivity index (χ2n) is 27.3. The van der Waals surface area contributed by atoms with Crippen LogP contribution in [0.25, 0.3) is 0 Å². The Morgan fingerprint density at radius 1 is 0.529 bits per heavy atom. The summed E-state index contributed by atoms with van der Waals surface area (Å²) >= 11 is 1.88. The first-order valence-corrected chi connectivity index (χ1v) is 39.6. The summed E-state index contributed by atoms with van der Waals surface area (Å²) in [6.45, 7) is 12.2. The standard InChI is InChI=1S/C78H105N9O14S3/c1-53(2)46-62(74(94)84-63(49-55-22-12-7-13-23-55)73(93)81-37-45-104-103-44-34-69(90)80-36-39-99-41-43-100-42-40-98-38-35-79-68(89)29-19-18-28-67-70-65(52-102-67)85-76(96)87-70)83-75(95)64(50-56-24-14-8-15-25-56)82-72(92)60(47-54-20-10-6-11-21-54)51-66(88)61(86-77(97)101-78(3,4)5)48-57-30-32-59(33-31-57)71(91)58-26-16-9-17-27-58/h6-17,20-27,30-33,53,60-67,70,88H,18-19,28-29,34-52H2,1-5H3,(H,79,89)(H,80,90)(H,81,93)(H,82,92)(H,83,95)(H,84,94)(H,86,97)(H2,85,87,96)/t60-,61+,62+,63+,64+,65+,66-,67+,70+/m1/s1. The van der Waals surface area contributed by atoms with Crippen molar-refractivity contribution in [1.29, 1.82) is 0 Å². The number of urea groups is 1. The van der Waals surface area contributed by atoms with E-state index in [9.17, 15) is 43.5 Å². The Balaban J connectivity index is 0.849. The predicted molar refractivity (Wildman–Crippen MR) is 408 cm³/mol. The summed E-state index contributed by atoms with van der Waals surface area (Å²) in [6.07, 6.45) is 1.80. The van der Waals surface area contributed by atoms with Crippen LogP contribution in [-0.4, -0.2) is 188 Å². The fraction of sp³-hybridized carbons (Fsp3) is 0.500. The topological polar surface area (TPSA) is 319 Å². The number of benzene rings is 5. The Morgan fingerprint density at radius 3 is 1.62 bits per heavy atom. The van der Waals surface area contributed by atoms with Gasteiger partial charge in [0, 0.05) is 84.9 Å². The average Bonchev–Trinajstić information content (AvgIpc) is 1.56. The van der Waals surface area contributed by atoms with Crippen LogP contribution in [0.5, 0.6) is 0 Å². The van der Waals surface area contributed by atoms with E-state index in [1.807, 2.05) is 123 Å². The van der Waals surface area contributed by atoms with Gasteiger partial charge < -0.3 is 71.9 Å². The van der Waals surface area contributed by atoms with E-state index < -0.39 is 71.5 Å². The number of hydrogen-bond donors (Lipinski definition) is 10. The van der Waals surface area contributed by atoms with Gasteiger partial charge in [-0.15, -0.1) is 0 Å². The number of rotatable bonds is 47. The highest BCUT2D eigenvalue weighted by molar-refractivity contribution is 8.76. The van der Waals surface area contributed by atoms with Crippen LogP contribution in [0.1, 0.15) is 118 Å². The van der Waals surface area contributed by atoms with Crippen molar-refractivity contribution in [3.63, 3.8) is 0 Å². The van der Waals surface area contributed by atoms with E-state index in [1.54, 1.807) is 69.3 Å². The summed E-state index contributed by atoms with van der Waals surface area (Å²) in [5.74, 6) is -1.58. The van der Waals surface area contributed by atoms with Crippen molar-refractivity contribution in [2.75, 3.05) is 76.5 Å². The third-order valence-corrected chi connectivity index (χ3v) is 21.1. The molecule has 10 N–H and O–H groups in total. The molecule has 5 aromatic carbocycles. The maximum Gasteiger partial charge on any atom is 0.407 e. The van der Waals surface area contributed by atoms with E-state index in [0.29, 0.717) is 92.6 Å². The molecule has 2 fully saturated rings. The summed E-state index contributed by atoms with van der Waals surface area (Å²) in [4.78, 5) is 122. The fourth-order valence-corrected chi connectivity index (χ4v) is 15.4. The van der Waals surface area contributed by atoms with Gasteiger partial charge in [-0.3, -0.25) is 33.6 Å². The number of ketones is 1. The first kappa shape index (κ1) is 83.3. The predicted octanol–water partition coefficient (Wildman–Crippen LogP) is 7.84. The van der Waals surface area contributed by atoms with E-state index in [0.717, 1.165) is 41.7 Å². The highest BCUT2D eigenvalue weighted by Crippen LogP contribution is 2.33. The molecule has 7 rings (SSSR count). The van der Waals surface area contributed by atoms with Gasteiger partial charge in [0.05, 0.1) is 63.9 Å². The molecule has 0 saturated carbocycles. The van der Waals surface area contributed by atoms with Crippen LogP contribution in [0, 0.1) is 11.8 Å². The number of aliphatic hydroxyl groups excluding tert-OH is 1. The number of hydrogen-bond acceptors (Lipinski definition) is 17. The maximum atomic E-state index is 15.0. The third-order valence-electron chi connectivity index (χ3n) is 17.2. The number of carbonyl (C=O) groups excluding carboxylic acids is 9. The van der Waals surface area contributed by atoms with Crippen LogP contribution in [0.2, 0.25) is 0 Å². The minimum absolute atomic E-state index is 0.0000832. The molecule has 2 aliphatic heterocycles. The second-order valence-corrected chi connectivity index (χ2v) is 31.3. The molecule has 2 aliphatic rings. The molecule has 0 aromatic heterocycles. The molecule has 0 aliphatic carbocycles. The lowest BCUT2D eigenvalue weighted by atomic mass is 9.88. The molecule has 2 heterocycles. The summed E-state index contributed by atoms with van der Waals surface area (Å²) in [5.41, 5.74) is 3.12. The van der Waals surface area contributed by atoms with Crippen LogP contribution in [0.3, 0.4) is 0 Å². The van der Waals surface area contributed by atoms with Gasteiger partial charge in [-0.1, -0.05) is 187 Å². The van der Waals surface area contributed by atoms with E-state index in [2.05, 4.69) is 47.9 Å². The Kier molecular flexibility index (Phi) is 36.4. The zero-order chi connectivity index (χ0) is 74.5. The zero-order valence-electron chi connectivity index (χ0n) is 60.4. The van der Waals surface area contributed by atoms with E-state index in [1.165, 1.54) is 21.6 Å². The van der Waals surface area contributed by atoms with Crippen molar-refractivity contribution >= 4 is 86.7 Å². The summed E-state index contributed by atoms with van der Waals surface area (Å²) < 4.78 is 22.4. The Hall–Kier alpha value is -7.98. The molecule has 9 atom stereocenters. The third kappa shape index (κ3) is 31.4. The fourth-order valence-electron chi connectivity index (χ4n) is 11.9. The van der Waals surface area contributed by atoms with Crippen LogP contribution in [0.15, 0.2) is 146 Å². The highest BCUT2D eigenvalue weighted by atomic mass is 33.1. The number of nitrogens with one attached hydrogen (secondary N) is 9. The maximum absolute atomic E-state index is 15.0. The number of amides is 9. The van der Waals surface area contributed by atoms with Crippen LogP contribution >= 0.6 is 33.3 Å². The molecule has 0 unspecified atom stereocenters. The molecule has 2 saturated heterocycles. The van der Waals surface area contributed by atoms with Gasteiger partial charge >= 0.3 is 12.1 Å². The van der Waals surface area contributed by atoms with Crippen LogP contribution in [0.4, 0.5) is 9.59 Å². The van der Waals surface area contributed by atoms with Crippen LogP contribution < -0.4 is 47.9 Å². The van der Waals surface area contributed by atoms with E-state index in [4.69, 9.17) is 18.9 Å². The van der Waals surface area contributed by atoms with Crippen molar-refractivity contribution < 1.29 is 67.2 Å². The van der Waals surface area contributed by atoms with Gasteiger partial charge in [-0.25, -0.2) is 9.59 Å². The molecule has 0 spiro atoms. The van der Waals surface area contributed by atoms with Gasteiger partial charge in [-0.2, -0.15) is 11.8 Å². The second kappa shape index (κ2) is 45.4. The first-order chi connectivity index (χ1) is 50.2. The molecule has 564 valence electrons. The molecular weight excluding hydrogens is 1380 g/mol. The number of thioether (sulfide) groups is 1. The largest absolute Gasteiger partial charge is 0.444 e. The summed E-state index contributed by atoms with van der Waals surface area (Å²) in [7, 11) is 3.00. The Morgan fingerprint density at radius 2 is 1.03 bits per heavy atom. The molecule has 104 heavy (non-hydrogen) atoms. The van der Waals surface area contributed by atoms with Crippen molar-refractivity contribution in [3.8, 4) is 0 Å². The molecule has 26 heteroatoms. The van der Waals surface area contributed by atoms with E-state index >= 15 is 4.79 Å². The van der Waals surface area contributed by atoms with Crippen molar-refractivity contribution in [1.82, 2.24) is 47.9 Å². The molecule has 5 aromatic rings. The monoisotopic (exact) mass is 1490 g/mol. The average molecular weight is 1490 g/mol. The highest BCUT2D eigenvalue weighted by Gasteiger charge is 2.43. The normalized spacial score (nSPS) is 16.4. The minimum Gasteiger partial charge on any atom is -0.444 e. The number of unbranched alkanes of at least 4 members (excludes halogenated alkanes) is 1. The smallest absolute Gasteiger partial charge is 0.407 e. The number of aliphatic hydroxyl groups is 1. The van der Waals surface area contributed by atoms with Gasteiger partial charge in [0.25, 0.3) is 0 Å². The summed E-state index contributed by atoms with van der Waals surface area (Å²) in [6, 6.07) is 39.4. The lowest BCUT2D eigenvalue weighted by Crippen LogP contribution is -2.58. The van der Waals surface area contributed by atoms with E-state index in [-0.39, 0.29) is 93.1 Å². The molecule has 0 bridgehead atoms. The molecule has 23 nitrogen and oxygen atoms in total. The number of carbonyl (C=O) groups is 9.